The normalized spacial score (nSPS) is 18.1. The highest BCUT2D eigenvalue weighted by molar-refractivity contribution is 7.14. The number of methoxy groups -OCH3 is 2. The number of anilines is 1. The predicted molar refractivity (Wildman–Crippen MR) is 97.5 cm³/mol. The summed E-state index contributed by atoms with van der Waals surface area (Å²) >= 11 is 1.28. The summed E-state index contributed by atoms with van der Waals surface area (Å²) in [5, 5.41) is 4.88. The van der Waals surface area contributed by atoms with Crippen LogP contribution in [0, 0.1) is 11.8 Å². The van der Waals surface area contributed by atoms with Gasteiger partial charge in [-0.3, -0.25) is 14.9 Å². The Morgan fingerprint density at radius 1 is 1.31 bits per heavy atom. The third-order valence-electron chi connectivity index (χ3n) is 4.19. The Morgan fingerprint density at radius 3 is 2.73 bits per heavy atom. The standard InChI is InChI=1S/C18H20N2O5S/c1-10-6-12(10)17(22)25-8-16(21)20-18-19-14(9-26-18)13-7-11(23-2)4-5-15(13)24-3/h4-5,7,9-10,12H,6,8H2,1-3H3,(H,19,20,21). The summed E-state index contributed by atoms with van der Waals surface area (Å²) < 4.78 is 15.6. The molecule has 8 heteroatoms. The molecule has 1 N–H and O–H groups in total. The second kappa shape index (κ2) is 7.74. The van der Waals surface area contributed by atoms with Gasteiger partial charge in [0.1, 0.15) is 11.5 Å². The van der Waals surface area contributed by atoms with E-state index in [1.54, 1.807) is 26.4 Å². The van der Waals surface area contributed by atoms with Crippen molar-refractivity contribution in [3.63, 3.8) is 0 Å². The van der Waals surface area contributed by atoms with Crippen LogP contribution in [0.1, 0.15) is 13.3 Å². The molecule has 2 unspecified atom stereocenters. The summed E-state index contributed by atoms with van der Waals surface area (Å²) in [5.74, 6) is 0.903. The number of thiazole rings is 1. The molecule has 138 valence electrons. The lowest BCUT2D eigenvalue weighted by atomic mass is 10.1. The third-order valence-corrected chi connectivity index (χ3v) is 4.95. The van der Waals surface area contributed by atoms with E-state index in [1.807, 2.05) is 18.4 Å². The van der Waals surface area contributed by atoms with Crippen molar-refractivity contribution in [3.8, 4) is 22.8 Å². The minimum atomic E-state index is -0.412. The van der Waals surface area contributed by atoms with Crippen molar-refractivity contribution in [3.05, 3.63) is 23.6 Å². The Hall–Kier alpha value is -2.61. The van der Waals surface area contributed by atoms with E-state index in [-0.39, 0.29) is 18.5 Å². The monoisotopic (exact) mass is 376 g/mol. The van der Waals surface area contributed by atoms with Crippen LogP contribution in [-0.4, -0.2) is 37.7 Å². The minimum absolute atomic E-state index is 0.0604. The Labute approximate surface area is 155 Å². The Balaban J connectivity index is 1.62. The van der Waals surface area contributed by atoms with E-state index < -0.39 is 5.91 Å². The minimum Gasteiger partial charge on any atom is -0.497 e. The van der Waals surface area contributed by atoms with Gasteiger partial charge in [0, 0.05) is 10.9 Å². The fourth-order valence-corrected chi connectivity index (χ4v) is 3.25. The zero-order valence-electron chi connectivity index (χ0n) is 14.8. The van der Waals surface area contributed by atoms with E-state index in [0.29, 0.717) is 28.2 Å². The smallest absolute Gasteiger partial charge is 0.309 e. The van der Waals surface area contributed by atoms with Gasteiger partial charge in [-0.15, -0.1) is 11.3 Å². The highest BCUT2D eigenvalue weighted by atomic mass is 32.1. The molecule has 2 aromatic rings. The average Bonchev–Trinajstić information content (AvgIpc) is 3.20. The van der Waals surface area contributed by atoms with Gasteiger partial charge in [-0.25, -0.2) is 4.98 Å². The lowest BCUT2D eigenvalue weighted by Gasteiger charge is -2.08. The number of aromatic nitrogens is 1. The van der Waals surface area contributed by atoms with Crippen LogP contribution in [-0.2, 0) is 14.3 Å². The maximum atomic E-state index is 11.9. The molecular weight excluding hydrogens is 356 g/mol. The highest BCUT2D eigenvalue weighted by Gasteiger charge is 2.40. The molecule has 1 amide bonds. The maximum absolute atomic E-state index is 11.9. The van der Waals surface area contributed by atoms with E-state index >= 15 is 0 Å². The summed E-state index contributed by atoms with van der Waals surface area (Å²) in [5.41, 5.74) is 1.42. The number of benzene rings is 1. The second-order valence-electron chi connectivity index (χ2n) is 6.08. The van der Waals surface area contributed by atoms with Crippen LogP contribution in [0.15, 0.2) is 23.6 Å². The van der Waals surface area contributed by atoms with Gasteiger partial charge in [0.25, 0.3) is 5.91 Å². The number of hydrogen-bond acceptors (Lipinski definition) is 7. The predicted octanol–water partition coefficient (Wildman–Crippen LogP) is 2.97. The quantitative estimate of drug-likeness (QED) is 0.748. The molecule has 0 saturated heterocycles. The molecule has 0 radical (unpaired) electrons. The molecule has 26 heavy (non-hydrogen) atoms. The van der Waals surface area contributed by atoms with Gasteiger partial charge in [0.2, 0.25) is 0 Å². The number of nitrogens with one attached hydrogen (secondary N) is 1. The number of ether oxygens (including phenoxy) is 3. The van der Waals surface area contributed by atoms with E-state index in [2.05, 4.69) is 10.3 Å². The van der Waals surface area contributed by atoms with Crippen LogP contribution < -0.4 is 14.8 Å². The fourth-order valence-electron chi connectivity index (χ4n) is 2.52. The van der Waals surface area contributed by atoms with Gasteiger partial charge in [-0.1, -0.05) is 6.92 Å². The molecule has 0 bridgehead atoms. The first kappa shape index (κ1) is 18.2. The molecule has 7 nitrogen and oxygen atoms in total. The molecule has 1 aliphatic carbocycles. The Morgan fingerprint density at radius 2 is 2.08 bits per heavy atom. The van der Waals surface area contributed by atoms with Crippen LogP contribution in [0.4, 0.5) is 5.13 Å². The topological polar surface area (TPSA) is 86.8 Å². The van der Waals surface area contributed by atoms with E-state index in [0.717, 1.165) is 12.0 Å². The summed E-state index contributed by atoms with van der Waals surface area (Å²) in [6.07, 6.45) is 0.832. The largest absolute Gasteiger partial charge is 0.497 e. The average molecular weight is 376 g/mol. The first-order valence-corrected chi connectivity index (χ1v) is 9.04. The van der Waals surface area contributed by atoms with Gasteiger partial charge >= 0.3 is 5.97 Å². The van der Waals surface area contributed by atoms with Crippen LogP contribution in [0.3, 0.4) is 0 Å². The molecule has 1 fully saturated rings. The lowest BCUT2D eigenvalue weighted by molar-refractivity contribution is -0.148. The molecule has 1 aromatic heterocycles. The van der Waals surface area contributed by atoms with E-state index in [4.69, 9.17) is 14.2 Å². The number of carbonyl (C=O) groups is 2. The molecular formula is C18H20N2O5S. The second-order valence-corrected chi connectivity index (χ2v) is 6.94. The van der Waals surface area contributed by atoms with Crippen molar-refractivity contribution in [2.45, 2.75) is 13.3 Å². The number of esters is 1. The molecule has 2 atom stereocenters. The SMILES string of the molecule is COc1ccc(OC)c(-c2csc(NC(=O)COC(=O)C3CC3C)n2)c1. The molecule has 0 spiro atoms. The van der Waals surface area contributed by atoms with Crippen LogP contribution in [0.2, 0.25) is 0 Å². The van der Waals surface area contributed by atoms with Gasteiger partial charge in [-0.2, -0.15) is 0 Å². The summed E-state index contributed by atoms with van der Waals surface area (Å²) in [6, 6.07) is 5.41. The van der Waals surface area contributed by atoms with Gasteiger partial charge < -0.3 is 14.2 Å². The Kier molecular flexibility index (Phi) is 5.41. The van der Waals surface area contributed by atoms with E-state index in [9.17, 15) is 9.59 Å². The lowest BCUT2D eigenvalue weighted by Crippen LogP contribution is -2.21. The van der Waals surface area contributed by atoms with Crippen molar-refractivity contribution in [2.24, 2.45) is 11.8 Å². The first-order chi connectivity index (χ1) is 12.5. The van der Waals surface area contributed by atoms with Gasteiger partial charge in [0.05, 0.1) is 25.8 Å². The maximum Gasteiger partial charge on any atom is 0.309 e. The van der Waals surface area contributed by atoms with Crippen molar-refractivity contribution in [2.75, 3.05) is 26.1 Å². The summed E-state index contributed by atoms with van der Waals surface area (Å²) in [7, 11) is 3.16. The van der Waals surface area contributed by atoms with Crippen molar-refractivity contribution in [1.82, 2.24) is 4.98 Å². The number of carbonyl (C=O) groups excluding carboxylic acids is 2. The summed E-state index contributed by atoms with van der Waals surface area (Å²) in [4.78, 5) is 28.0. The zero-order chi connectivity index (χ0) is 18.7. The van der Waals surface area contributed by atoms with Crippen molar-refractivity contribution in [1.29, 1.82) is 0 Å². The van der Waals surface area contributed by atoms with E-state index in [1.165, 1.54) is 11.3 Å². The number of nitrogens with zero attached hydrogens (tertiary/aromatic N) is 1. The first-order valence-electron chi connectivity index (χ1n) is 8.16. The van der Waals surface area contributed by atoms with Gasteiger partial charge in [-0.05, 0) is 30.5 Å². The van der Waals surface area contributed by atoms with Crippen molar-refractivity contribution >= 4 is 28.3 Å². The zero-order valence-corrected chi connectivity index (χ0v) is 15.6. The molecule has 1 aromatic carbocycles. The molecule has 1 aliphatic rings. The van der Waals surface area contributed by atoms with Crippen LogP contribution in [0.25, 0.3) is 11.3 Å². The fraction of sp³-hybridized carbons (Fsp3) is 0.389. The van der Waals surface area contributed by atoms with Crippen molar-refractivity contribution < 1.29 is 23.8 Å². The number of hydrogen-bond donors (Lipinski definition) is 1. The molecule has 0 aliphatic heterocycles. The van der Waals surface area contributed by atoms with Crippen LogP contribution in [0.5, 0.6) is 11.5 Å². The summed E-state index contributed by atoms with van der Waals surface area (Å²) in [6.45, 7) is 1.68. The molecule has 1 heterocycles. The highest BCUT2D eigenvalue weighted by Crippen LogP contribution is 2.38. The van der Waals surface area contributed by atoms with Crippen LogP contribution >= 0.6 is 11.3 Å². The third kappa shape index (κ3) is 4.13. The Bertz CT molecular complexity index is 820. The number of rotatable bonds is 7. The number of amides is 1. The van der Waals surface area contributed by atoms with Gasteiger partial charge in [0.15, 0.2) is 11.7 Å². The molecule has 1 saturated carbocycles. The molecule has 3 rings (SSSR count).